The molecule has 0 spiro atoms. The van der Waals surface area contributed by atoms with E-state index in [9.17, 15) is 9.59 Å². The summed E-state index contributed by atoms with van der Waals surface area (Å²) in [6, 6.07) is -0.125. The molecule has 2 heterocycles. The molecule has 2 unspecified atom stereocenters. The number of rotatable bonds is 3. The fraction of sp³-hybridized carbons (Fsp3) is 0.833. The van der Waals surface area contributed by atoms with E-state index in [1.807, 2.05) is 11.9 Å². The SMILES string of the molecule is CN1CCC(C(=O)N2CCSCC2CC(=O)O)C1. The van der Waals surface area contributed by atoms with Gasteiger partial charge in [-0.15, -0.1) is 0 Å². The fourth-order valence-corrected chi connectivity index (χ4v) is 3.75. The number of hydrogen-bond donors (Lipinski definition) is 1. The summed E-state index contributed by atoms with van der Waals surface area (Å²) in [5, 5.41) is 8.92. The van der Waals surface area contributed by atoms with Gasteiger partial charge in [-0.25, -0.2) is 0 Å². The van der Waals surface area contributed by atoms with Crippen LogP contribution in [0, 0.1) is 5.92 Å². The van der Waals surface area contributed by atoms with Crippen LogP contribution in [0.2, 0.25) is 0 Å². The van der Waals surface area contributed by atoms with Crippen LogP contribution in [-0.2, 0) is 9.59 Å². The van der Waals surface area contributed by atoms with Crippen molar-refractivity contribution in [3.05, 3.63) is 0 Å². The van der Waals surface area contributed by atoms with Crippen LogP contribution in [0.25, 0.3) is 0 Å². The smallest absolute Gasteiger partial charge is 0.305 e. The maximum atomic E-state index is 12.4. The van der Waals surface area contributed by atoms with Gasteiger partial charge >= 0.3 is 5.97 Å². The molecular weight excluding hydrogens is 252 g/mol. The van der Waals surface area contributed by atoms with E-state index in [2.05, 4.69) is 4.90 Å². The molecule has 18 heavy (non-hydrogen) atoms. The van der Waals surface area contributed by atoms with Gasteiger partial charge in [0.15, 0.2) is 0 Å². The predicted molar refractivity (Wildman–Crippen MR) is 70.7 cm³/mol. The first-order valence-electron chi connectivity index (χ1n) is 6.36. The van der Waals surface area contributed by atoms with Gasteiger partial charge in [-0.2, -0.15) is 11.8 Å². The van der Waals surface area contributed by atoms with Crippen molar-refractivity contribution in [3.8, 4) is 0 Å². The van der Waals surface area contributed by atoms with Crippen molar-refractivity contribution < 1.29 is 14.7 Å². The molecule has 102 valence electrons. The number of amides is 1. The first kappa shape index (κ1) is 13.7. The average molecular weight is 272 g/mol. The van der Waals surface area contributed by atoms with Gasteiger partial charge < -0.3 is 14.9 Å². The molecule has 1 amide bonds. The largest absolute Gasteiger partial charge is 0.481 e. The topological polar surface area (TPSA) is 60.9 Å². The molecule has 6 heteroatoms. The zero-order valence-corrected chi connectivity index (χ0v) is 11.5. The zero-order chi connectivity index (χ0) is 13.1. The lowest BCUT2D eigenvalue weighted by molar-refractivity contribution is -0.141. The second-order valence-corrected chi connectivity index (χ2v) is 6.26. The molecule has 1 N–H and O–H groups in total. The Hall–Kier alpha value is -0.750. The van der Waals surface area contributed by atoms with Crippen LogP contribution in [-0.4, -0.2) is 71.0 Å². The minimum absolute atomic E-state index is 0.0643. The van der Waals surface area contributed by atoms with Crippen molar-refractivity contribution in [1.29, 1.82) is 0 Å². The van der Waals surface area contributed by atoms with E-state index in [4.69, 9.17) is 5.11 Å². The highest BCUT2D eigenvalue weighted by Crippen LogP contribution is 2.24. The van der Waals surface area contributed by atoms with Gasteiger partial charge in [-0.05, 0) is 20.0 Å². The number of nitrogens with zero attached hydrogens (tertiary/aromatic N) is 2. The third-order valence-corrected chi connectivity index (χ3v) is 4.75. The number of carbonyl (C=O) groups excluding carboxylic acids is 1. The Bertz CT molecular complexity index is 337. The molecule has 0 saturated carbocycles. The minimum atomic E-state index is -0.816. The lowest BCUT2D eigenvalue weighted by Crippen LogP contribution is -2.49. The Labute approximate surface area is 112 Å². The van der Waals surface area contributed by atoms with E-state index < -0.39 is 5.97 Å². The van der Waals surface area contributed by atoms with E-state index in [1.54, 1.807) is 11.8 Å². The first-order chi connectivity index (χ1) is 8.58. The van der Waals surface area contributed by atoms with Gasteiger partial charge in [0.1, 0.15) is 0 Å². The second-order valence-electron chi connectivity index (χ2n) is 5.11. The summed E-state index contributed by atoms with van der Waals surface area (Å²) in [5.74, 6) is 1.08. The lowest BCUT2D eigenvalue weighted by Gasteiger charge is -2.36. The van der Waals surface area contributed by atoms with Crippen LogP contribution in [0.1, 0.15) is 12.8 Å². The molecule has 0 bridgehead atoms. The van der Waals surface area contributed by atoms with Crippen molar-refractivity contribution in [1.82, 2.24) is 9.80 Å². The van der Waals surface area contributed by atoms with E-state index in [-0.39, 0.29) is 24.3 Å². The number of carboxylic acid groups (broad SMARTS) is 1. The van der Waals surface area contributed by atoms with Gasteiger partial charge in [0, 0.05) is 24.6 Å². The van der Waals surface area contributed by atoms with Gasteiger partial charge in [-0.1, -0.05) is 0 Å². The third-order valence-electron chi connectivity index (χ3n) is 3.66. The van der Waals surface area contributed by atoms with Crippen LogP contribution in [0.15, 0.2) is 0 Å². The minimum Gasteiger partial charge on any atom is -0.481 e. The molecule has 0 aromatic heterocycles. The molecule has 0 aliphatic carbocycles. The highest BCUT2D eigenvalue weighted by molar-refractivity contribution is 7.99. The van der Waals surface area contributed by atoms with Crippen LogP contribution in [0.5, 0.6) is 0 Å². The molecule has 0 aromatic rings. The fourth-order valence-electron chi connectivity index (χ4n) is 2.69. The molecule has 2 aliphatic heterocycles. The van der Waals surface area contributed by atoms with E-state index in [0.717, 1.165) is 31.0 Å². The summed E-state index contributed by atoms with van der Waals surface area (Å²) >= 11 is 1.74. The van der Waals surface area contributed by atoms with E-state index >= 15 is 0 Å². The molecule has 2 atom stereocenters. The number of carbonyl (C=O) groups is 2. The highest BCUT2D eigenvalue weighted by atomic mass is 32.2. The van der Waals surface area contributed by atoms with E-state index in [0.29, 0.717) is 6.54 Å². The highest BCUT2D eigenvalue weighted by Gasteiger charge is 2.35. The molecule has 0 radical (unpaired) electrons. The van der Waals surface area contributed by atoms with Crippen molar-refractivity contribution in [2.75, 3.05) is 38.2 Å². The normalized spacial score (nSPS) is 29.5. The molecule has 0 aromatic carbocycles. The number of likely N-dealkylation sites (tertiary alicyclic amines) is 1. The predicted octanol–water partition coefficient (Wildman–Crippen LogP) is 0.357. The van der Waals surface area contributed by atoms with Crippen molar-refractivity contribution >= 4 is 23.6 Å². The Balaban J connectivity index is 1.99. The summed E-state index contributed by atoms with van der Waals surface area (Å²) in [7, 11) is 2.02. The number of thioether (sulfide) groups is 1. The van der Waals surface area contributed by atoms with Crippen LogP contribution >= 0.6 is 11.8 Å². The maximum absolute atomic E-state index is 12.4. The molecule has 2 saturated heterocycles. The lowest BCUT2D eigenvalue weighted by atomic mass is 10.1. The summed E-state index contributed by atoms with van der Waals surface area (Å²) in [6.07, 6.45) is 0.972. The van der Waals surface area contributed by atoms with Gasteiger partial charge in [-0.3, -0.25) is 9.59 Å². The maximum Gasteiger partial charge on any atom is 0.305 e. The second kappa shape index (κ2) is 5.93. The molecule has 2 aliphatic rings. The Morgan fingerprint density at radius 1 is 1.39 bits per heavy atom. The zero-order valence-electron chi connectivity index (χ0n) is 10.7. The number of aliphatic carboxylic acids is 1. The summed E-state index contributed by atoms with van der Waals surface area (Å²) in [4.78, 5) is 27.3. The number of hydrogen-bond acceptors (Lipinski definition) is 4. The quantitative estimate of drug-likeness (QED) is 0.803. The molecule has 2 rings (SSSR count). The van der Waals surface area contributed by atoms with Crippen LogP contribution in [0.4, 0.5) is 0 Å². The summed E-state index contributed by atoms with van der Waals surface area (Å²) < 4.78 is 0. The standard InChI is InChI=1S/C12H20N2O3S/c1-13-3-2-9(7-13)12(17)14-4-5-18-8-10(14)6-11(15)16/h9-10H,2-8H2,1H3,(H,15,16). The average Bonchev–Trinajstić information content (AvgIpc) is 2.75. The summed E-state index contributed by atoms with van der Waals surface area (Å²) in [6.45, 7) is 2.46. The van der Waals surface area contributed by atoms with Gasteiger partial charge in [0.25, 0.3) is 0 Å². The Morgan fingerprint density at radius 2 is 2.17 bits per heavy atom. The van der Waals surface area contributed by atoms with Gasteiger partial charge in [0.05, 0.1) is 18.4 Å². The van der Waals surface area contributed by atoms with Crippen molar-refractivity contribution in [3.63, 3.8) is 0 Å². The number of carboxylic acids is 1. The summed E-state index contributed by atoms with van der Waals surface area (Å²) in [5.41, 5.74) is 0. The first-order valence-corrected chi connectivity index (χ1v) is 7.52. The Kier molecular flexibility index (Phi) is 4.50. The van der Waals surface area contributed by atoms with Crippen LogP contribution in [0.3, 0.4) is 0 Å². The van der Waals surface area contributed by atoms with Crippen molar-refractivity contribution in [2.45, 2.75) is 18.9 Å². The van der Waals surface area contributed by atoms with Crippen LogP contribution < -0.4 is 0 Å². The molecule has 5 nitrogen and oxygen atoms in total. The third kappa shape index (κ3) is 3.17. The monoisotopic (exact) mass is 272 g/mol. The van der Waals surface area contributed by atoms with Gasteiger partial charge in [0.2, 0.25) is 5.91 Å². The Morgan fingerprint density at radius 3 is 2.78 bits per heavy atom. The van der Waals surface area contributed by atoms with E-state index in [1.165, 1.54) is 0 Å². The van der Waals surface area contributed by atoms with Crippen molar-refractivity contribution in [2.24, 2.45) is 5.92 Å². The molecule has 2 fully saturated rings. The molecular formula is C12H20N2O3S.